The lowest BCUT2D eigenvalue weighted by molar-refractivity contribution is 1.39. The van der Waals surface area contributed by atoms with Gasteiger partial charge in [0.05, 0.1) is 0 Å². The molecule has 0 saturated heterocycles. The molecule has 0 heteroatoms. The summed E-state index contributed by atoms with van der Waals surface area (Å²) < 4.78 is 0. The summed E-state index contributed by atoms with van der Waals surface area (Å²) in [6.45, 7) is 6.59. The molecule has 0 nitrogen and oxygen atoms in total. The van der Waals surface area contributed by atoms with Gasteiger partial charge in [0.1, 0.15) is 0 Å². The fourth-order valence-corrected chi connectivity index (χ4v) is 4.64. The van der Waals surface area contributed by atoms with Crippen molar-refractivity contribution in [3.05, 3.63) is 108 Å². The predicted molar refractivity (Wildman–Crippen MR) is 127 cm³/mol. The van der Waals surface area contributed by atoms with E-state index in [-0.39, 0.29) is 0 Å². The minimum absolute atomic E-state index is 1.27. The minimum atomic E-state index is 1.27. The van der Waals surface area contributed by atoms with Crippen LogP contribution in [0.5, 0.6) is 0 Å². The molecule has 0 aliphatic rings. The maximum atomic E-state index is 2.28. The zero-order chi connectivity index (χ0) is 20.0. The Labute approximate surface area is 172 Å². The van der Waals surface area contributed by atoms with Crippen LogP contribution in [0.2, 0.25) is 0 Å². The first-order valence-electron chi connectivity index (χ1n) is 10.2. The van der Waals surface area contributed by atoms with Crippen molar-refractivity contribution in [1.82, 2.24) is 0 Å². The van der Waals surface area contributed by atoms with E-state index in [1.807, 2.05) is 0 Å². The first-order valence-corrected chi connectivity index (χ1v) is 10.2. The molecule has 5 aromatic rings. The second-order valence-electron chi connectivity index (χ2n) is 7.97. The van der Waals surface area contributed by atoms with E-state index in [9.17, 15) is 0 Å². The number of hydrogen-bond donors (Lipinski definition) is 0. The molecule has 0 spiro atoms. The van der Waals surface area contributed by atoms with Gasteiger partial charge in [0.25, 0.3) is 0 Å². The number of fused-ring (bicyclic) bond motifs is 2. The molecule has 0 fully saturated rings. The van der Waals surface area contributed by atoms with E-state index in [0.717, 1.165) is 0 Å². The average Bonchev–Trinajstić information content (AvgIpc) is 2.74. The lowest BCUT2D eigenvalue weighted by Crippen LogP contribution is -1.94. The molecule has 0 radical (unpaired) electrons. The van der Waals surface area contributed by atoms with Crippen molar-refractivity contribution in [3.8, 4) is 22.3 Å². The molecule has 0 saturated carbocycles. The van der Waals surface area contributed by atoms with Gasteiger partial charge < -0.3 is 0 Å². The molecule has 5 aromatic carbocycles. The van der Waals surface area contributed by atoms with Crippen LogP contribution in [-0.4, -0.2) is 0 Å². The van der Waals surface area contributed by atoms with Gasteiger partial charge >= 0.3 is 0 Å². The molecule has 0 heterocycles. The molecule has 0 aromatic heterocycles. The van der Waals surface area contributed by atoms with Gasteiger partial charge in [-0.2, -0.15) is 0 Å². The topological polar surface area (TPSA) is 0 Å². The lowest BCUT2D eigenvalue weighted by Gasteiger charge is -2.20. The van der Waals surface area contributed by atoms with E-state index in [0.29, 0.717) is 0 Å². The summed E-state index contributed by atoms with van der Waals surface area (Å²) >= 11 is 0. The summed E-state index contributed by atoms with van der Waals surface area (Å²) in [5.41, 5.74) is 9.24. The number of benzene rings is 5. The van der Waals surface area contributed by atoms with E-state index in [2.05, 4.69) is 112 Å². The van der Waals surface area contributed by atoms with Crippen LogP contribution in [-0.2, 0) is 0 Å². The first kappa shape index (κ1) is 17.7. The Hall–Kier alpha value is -3.38. The Kier molecular flexibility index (Phi) is 4.21. The van der Waals surface area contributed by atoms with E-state index in [4.69, 9.17) is 0 Å². The van der Waals surface area contributed by atoms with E-state index in [1.165, 1.54) is 60.5 Å². The summed E-state index contributed by atoms with van der Waals surface area (Å²) in [5.74, 6) is 0. The third-order valence-electron chi connectivity index (χ3n) is 6.00. The number of rotatable bonds is 2. The van der Waals surface area contributed by atoms with Crippen molar-refractivity contribution in [3.63, 3.8) is 0 Å². The van der Waals surface area contributed by atoms with E-state index < -0.39 is 0 Å². The summed E-state index contributed by atoms with van der Waals surface area (Å²) in [7, 11) is 0. The Morgan fingerprint density at radius 2 is 0.828 bits per heavy atom. The predicted octanol–water partition coefficient (Wildman–Crippen LogP) is 8.25. The first-order chi connectivity index (χ1) is 14.1. The van der Waals surface area contributed by atoms with Crippen LogP contribution in [0.25, 0.3) is 43.8 Å². The highest BCUT2D eigenvalue weighted by atomic mass is 14.2. The normalized spacial score (nSPS) is 11.3. The van der Waals surface area contributed by atoms with E-state index >= 15 is 0 Å². The van der Waals surface area contributed by atoms with E-state index in [1.54, 1.807) is 0 Å². The average molecular weight is 373 g/mol. The highest BCUT2D eigenvalue weighted by molar-refractivity contribution is 6.21. The van der Waals surface area contributed by atoms with Crippen LogP contribution in [0.1, 0.15) is 16.7 Å². The van der Waals surface area contributed by atoms with Gasteiger partial charge in [-0.3, -0.25) is 0 Å². The maximum absolute atomic E-state index is 2.28. The quantitative estimate of drug-likeness (QED) is 0.274. The maximum Gasteiger partial charge on any atom is -0.00210 e. The zero-order valence-electron chi connectivity index (χ0n) is 17.2. The second kappa shape index (κ2) is 6.90. The third kappa shape index (κ3) is 2.84. The molecule has 0 bridgehead atoms. The van der Waals surface area contributed by atoms with Crippen LogP contribution in [0, 0.1) is 20.8 Å². The summed E-state index contributed by atoms with van der Waals surface area (Å²) in [6, 6.07) is 33.2. The van der Waals surface area contributed by atoms with Crippen molar-refractivity contribution >= 4 is 21.5 Å². The van der Waals surface area contributed by atoms with Crippen LogP contribution in [0.15, 0.2) is 91.0 Å². The van der Waals surface area contributed by atoms with Crippen LogP contribution in [0.4, 0.5) is 0 Å². The molecule has 0 unspecified atom stereocenters. The van der Waals surface area contributed by atoms with Crippen LogP contribution >= 0.6 is 0 Å². The smallest absolute Gasteiger partial charge is 0.00210 e. The van der Waals surface area contributed by atoms with Gasteiger partial charge in [-0.15, -0.1) is 0 Å². The lowest BCUT2D eigenvalue weighted by atomic mass is 9.83. The van der Waals surface area contributed by atoms with Crippen LogP contribution < -0.4 is 0 Å². The Bertz CT molecular complexity index is 1280. The van der Waals surface area contributed by atoms with Crippen molar-refractivity contribution < 1.29 is 0 Å². The van der Waals surface area contributed by atoms with Gasteiger partial charge in [0.15, 0.2) is 0 Å². The van der Waals surface area contributed by atoms with Crippen molar-refractivity contribution in [2.24, 2.45) is 0 Å². The Morgan fingerprint density at radius 1 is 0.379 bits per heavy atom. The monoisotopic (exact) mass is 372 g/mol. The van der Waals surface area contributed by atoms with Crippen molar-refractivity contribution in [1.29, 1.82) is 0 Å². The molecular weight excluding hydrogens is 348 g/mol. The largest absolute Gasteiger partial charge is 0.0617 e. The van der Waals surface area contributed by atoms with Gasteiger partial charge in [0, 0.05) is 0 Å². The molecule has 0 aliphatic heterocycles. The van der Waals surface area contributed by atoms with Crippen molar-refractivity contribution in [2.45, 2.75) is 20.8 Å². The highest BCUT2D eigenvalue weighted by Gasteiger charge is 2.18. The SMILES string of the molecule is Cc1ccc(-c2c3ccccc3c(-c3c(C)cccc3C)c3ccccc23)cc1. The minimum Gasteiger partial charge on any atom is -0.0617 e. The van der Waals surface area contributed by atoms with Gasteiger partial charge in [-0.05, 0) is 75.7 Å². The molecule has 5 rings (SSSR count). The molecule has 0 amide bonds. The highest BCUT2D eigenvalue weighted by Crippen LogP contribution is 2.44. The summed E-state index contributed by atoms with van der Waals surface area (Å²) in [4.78, 5) is 0. The van der Waals surface area contributed by atoms with Crippen LogP contribution in [0.3, 0.4) is 0 Å². The molecule has 0 aliphatic carbocycles. The van der Waals surface area contributed by atoms with Gasteiger partial charge in [-0.25, -0.2) is 0 Å². The fraction of sp³-hybridized carbons (Fsp3) is 0.103. The Morgan fingerprint density at radius 3 is 1.31 bits per heavy atom. The standard InChI is InChI=1S/C29H24/c1-19-15-17-22(18-16-19)28-23-11-4-6-13-25(23)29(26-14-7-5-12-24(26)28)27-20(2)9-8-10-21(27)3/h4-18H,1-3H3. The fourth-order valence-electron chi connectivity index (χ4n) is 4.64. The molecule has 29 heavy (non-hydrogen) atoms. The van der Waals surface area contributed by atoms with Gasteiger partial charge in [-0.1, -0.05) is 96.6 Å². The number of hydrogen-bond acceptors (Lipinski definition) is 0. The summed E-state index contributed by atoms with van der Waals surface area (Å²) in [6.07, 6.45) is 0. The molecular formula is C29H24. The molecule has 140 valence electrons. The van der Waals surface area contributed by atoms with Crippen molar-refractivity contribution in [2.75, 3.05) is 0 Å². The van der Waals surface area contributed by atoms with Gasteiger partial charge in [0.2, 0.25) is 0 Å². The second-order valence-corrected chi connectivity index (χ2v) is 7.97. The molecule has 0 N–H and O–H groups in total. The third-order valence-corrected chi connectivity index (χ3v) is 6.00. The number of aryl methyl sites for hydroxylation is 3. The molecule has 0 atom stereocenters. The Balaban J connectivity index is 2.01. The summed E-state index contributed by atoms with van der Waals surface area (Å²) in [5, 5.41) is 5.26. The zero-order valence-corrected chi connectivity index (χ0v) is 17.2.